The van der Waals surface area contributed by atoms with Crippen molar-refractivity contribution in [2.45, 2.75) is 58.4 Å². The van der Waals surface area contributed by atoms with E-state index in [-0.39, 0.29) is 19.1 Å². The van der Waals surface area contributed by atoms with Crippen molar-refractivity contribution in [3.63, 3.8) is 0 Å². The number of anilines is 1. The summed E-state index contributed by atoms with van der Waals surface area (Å²) >= 11 is 0. The zero-order valence-corrected chi connectivity index (χ0v) is 20.6. The maximum Gasteiger partial charge on any atom is 0.320 e. The predicted octanol–water partition coefficient (Wildman–Crippen LogP) is 4.14. The number of amides is 2. The van der Waals surface area contributed by atoms with Crippen LogP contribution in [0.4, 0.5) is 15.0 Å². The van der Waals surface area contributed by atoms with Gasteiger partial charge in [-0.05, 0) is 62.8 Å². The standard InChI is InChI=1S/C26H35FN4O4/c1-3-35-23(33)16-22(26(2)11-10-21(32)20(27)17-26)31-15-14-30(25(31)34)13-5-7-19-9-8-18-6-4-12-28-24(18)29-19/h8-10,17,22,32H,3-7,11-16H2,1-2H3,(H,28,29)/t22-,26?/m1/s1. The lowest BCUT2D eigenvalue weighted by Crippen LogP contribution is -2.49. The molecule has 1 aliphatic carbocycles. The van der Waals surface area contributed by atoms with Crippen molar-refractivity contribution in [2.24, 2.45) is 5.41 Å². The van der Waals surface area contributed by atoms with Gasteiger partial charge in [0.05, 0.1) is 19.1 Å². The highest BCUT2D eigenvalue weighted by atomic mass is 19.1. The lowest BCUT2D eigenvalue weighted by Gasteiger charge is -2.41. The molecule has 1 saturated heterocycles. The minimum absolute atomic E-state index is 0.0334. The molecule has 190 valence electrons. The van der Waals surface area contributed by atoms with Crippen molar-refractivity contribution in [1.29, 1.82) is 0 Å². The molecule has 2 N–H and O–H groups in total. The highest BCUT2D eigenvalue weighted by molar-refractivity contribution is 5.78. The summed E-state index contributed by atoms with van der Waals surface area (Å²) in [5.41, 5.74) is 1.42. The van der Waals surface area contributed by atoms with E-state index in [0.29, 0.717) is 26.1 Å². The van der Waals surface area contributed by atoms with Gasteiger partial charge in [-0.3, -0.25) is 4.79 Å². The minimum atomic E-state index is -0.838. The molecule has 0 bridgehead atoms. The Morgan fingerprint density at radius 3 is 2.97 bits per heavy atom. The molecule has 1 unspecified atom stereocenters. The number of carbonyl (C=O) groups excluding carboxylic acids is 2. The Hall–Kier alpha value is -3.10. The van der Waals surface area contributed by atoms with E-state index in [1.165, 1.54) is 17.7 Å². The second kappa shape index (κ2) is 10.7. The van der Waals surface area contributed by atoms with E-state index in [2.05, 4.69) is 17.4 Å². The SMILES string of the molecule is CCOC(=O)C[C@@H](N1CCN(CCCc2ccc3c(n2)NCCC3)C1=O)C1(C)C=C(F)C(O)=CC1. The van der Waals surface area contributed by atoms with Gasteiger partial charge >= 0.3 is 12.0 Å². The Bertz CT molecular complexity index is 1030. The van der Waals surface area contributed by atoms with Crippen LogP contribution in [-0.4, -0.2) is 70.7 Å². The highest BCUT2D eigenvalue weighted by Crippen LogP contribution is 2.41. The lowest BCUT2D eigenvalue weighted by atomic mass is 9.74. The average Bonchev–Trinajstić information content (AvgIpc) is 3.20. The second-order valence-electron chi connectivity index (χ2n) is 9.72. The number of nitrogens with one attached hydrogen (secondary N) is 1. The van der Waals surface area contributed by atoms with Gasteiger partial charge < -0.3 is 25.0 Å². The first-order valence-electron chi connectivity index (χ1n) is 12.5. The number of allylic oxidation sites excluding steroid dienone is 2. The van der Waals surface area contributed by atoms with Gasteiger partial charge in [-0.25, -0.2) is 14.2 Å². The van der Waals surface area contributed by atoms with Crippen LogP contribution in [0.15, 0.2) is 35.9 Å². The highest BCUT2D eigenvalue weighted by Gasteiger charge is 2.45. The van der Waals surface area contributed by atoms with Crippen molar-refractivity contribution in [3.8, 4) is 0 Å². The van der Waals surface area contributed by atoms with Gasteiger partial charge in [0.1, 0.15) is 11.6 Å². The first-order chi connectivity index (χ1) is 16.8. The number of nitrogens with zero attached hydrogens (tertiary/aromatic N) is 3. The summed E-state index contributed by atoms with van der Waals surface area (Å²) < 4.78 is 19.5. The smallest absolute Gasteiger partial charge is 0.320 e. The molecule has 1 aromatic rings. The number of esters is 1. The molecule has 0 radical (unpaired) electrons. The van der Waals surface area contributed by atoms with Crippen LogP contribution < -0.4 is 5.32 Å². The summed E-state index contributed by atoms with van der Waals surface area (Å²) in [4.78, 5) is 33.9. The van der Waals surface area contributed by atoms with Crippen LogP contribution in [0.5, 0.6) is 0 Å². The third kappa shape index (κ3) is 5.60. The molecule has 8 nitrogen and oxygen atoms in total. The molecule has 0 aromatic carbocycles. The first kappa shape index (κ1) is 25.0. The van der Waals surface area contributed by atoms with Crippen molar-refractivity contribution < 1.29 is 23.8 Å². The van der Waals surface area contributed by atoms with Crippen LogP contribution in [0.3, 0.4) is 0 Å². The zero-order chi connectivity index (χ0) is 25.0. The molecule has 1 aromatic heterocycles. The summed E-state index contributed by atoms with van der Waals surface area (Å²) in [5.74, 6) is -0.592. The van der Waals surface area contributed by atoms with Crippen LogP contribution in [0, 0.1) is 5.41 Å². The Labute approximate surface area is 205 Å². The fourth-order valence-corrected chi connectivity index (χ4v) is 5.20. The molecule has 2 atom stereocenters. The third-order valence-corrected chi connectivity index (χ3v) is 7.18. The molecule has 0 saturated carbocycles. The number of aryl methyl sites for hydroxylation is 2. The van der Waals surface area contributed by atoms with Gasteiger partial charge in [-0.2, -0.15) is 0 Å². The van der Waals surface area contributed by atoms with Gasteiger partial charge in [0.25, 0.3) is 0 Å². The van der Waals surface area contributed by atoms with Crippen LogP contribution in [0.1, 0.15) is 50.8 Å². The number of hydrogen-bond donors (Lipinski definition) is 2. The van der Waals surface area contributed by atoms with E-state index in [4.69, 9.17) is 9.72 Å². The average molecular weight is 487 g/mol. The van der Waals surface area contributed by atoms with E-state index in [1.807, 2.05) is 6.92 Å². The molecule has 1 fully saturated rings. The number of aromatic nitrogens is 1. The topological polar surface area (TPSA) is 95.0 Å². The van der Waals surface area contributed by atoms with Gasteiger partial charge in [0, 0.05) is 37.3 Å². The predicted molar refractivity (Wildman–Crippen MR) is 131 cm³/mol. The van der Waals surface area contributed by atoms with E-state index in [1.54, 1.807) is 16.7 Å². The molecule has 3 aliphatic rings. The van der Waals surface area contributed by atoms with Gasteiger partial charge in [-0.1, -0.05) is 13.0 Å². The molecular weight excluding hydrogens is 451 g/mol. The van der Waals surface area contributed by atoms with Gasteiger partial charge in [-0.15, -0.1) is 0 Å². The van der Waals surface area contributed by atoms with E-state index >= 15 is 0 Å². The number of aliphatic hydroxyl groups excluding tert-OH is 1. The maximum absolute atomic E-state index is 14.3. The van der Waals surface area contributed by atoms with Crippen molar-refractivity contribution >= 4 is 17.8 Å². The summed E-state index contributed by atoms with van der Waals surface area (Å²) in [6.45, 7) is 6.29. The number of urea groups is 1. The molecule has 35 heavy (non-hydrogen) atoms. The van der Waals surface area contributed by atoms with Crippen LogP contribution >= 0.6 is 0 Å². The fourth-order valence-electron chi connectivity index (χ4n) is 5.20. The van der Waals surface area contributed by atoms with Crippen molar-refractivity contribution in [2.75, 3.05) is 38.1 Å². The second-order valence-corrected chi connectivity index (χ2v) is 9.72. The maximum atomic E-state index is 14.3. The molecule has 2 aliphatic heterocycles. The molecule has 2 amide bonds. The zero-order valence-electron chi connectivity index (χ0n) is 20.6. The fraction of sp³-hybridized carbons (Fsp3) is 0.577. The number of carbonyl (C=O) groups is 2. The molecule has 9 heteroatoms. The first-order valence-corrected chi connectivity index (χ1v) is 12.5. The minimum Gasteiger partial charge on any atom is -0.505 e. The van der Waals surface area contributed by atoms with Gasteiger partial charge in [0.15, 0.2) is 5.83 Å². The van der Waals surface area contributed by atoms with E-state index in [0.717, 1.165) is 43.7 Å². The number of ether oxygens (including phenoxy) is 1. The van der Waals surface area contributed by atoms with Crippen molar-refractivity contribution in [1.82, 2.24) is 14.8 Å². The molecular formula is C26H35FN4O4. The number of aliphatic hydroxyl groups is 1. The van der Waals surface area contributed by atoms with Gasteiger partial charge in [0.2, 0.25) is 0 Å². The molecule has 4 rings (SSSR count). The summed E-state index contributed by atoms with van der Waals surface area (Å²) in [5, 5.41) is 13.1. The summed E-state index contributed by atoms with van der Waals surface area (Å²) in [7, 11) is 0. The van der Waals surface area contributed by atoms with E-state index in [9.17, 15) is 19.1 Å². The number of pyridine rings is 1. The number of halogens is 1. The van der Waals surface area contributed by atoms with Crippen molar-refractivity contribution in [3.05, 3.63) is 47.1 Å². The Balaban J connectivity index is 1.40. The number of hydrogen-bond acceptors (Lipinski definition) is 6. The number of rotatable bonds is 9. The number of fused-ring (bicyclic) bond motifs is 1. The lowest BCUT2D eigenvalue weighted by molar-refractivity contribution is -0.145. The monoisotopic (exact) mass is 486 g/mol. The largest absolute Gasteiger partial charge is 0.505 e. The van der Waals surface area contributed by atoms with Crippen LogP contribution in [0.25, 0.3) is 0 Å². The third-order valence-electron chi connectivity index (χ3n) is 7.18. The Morgan fingerprint density at radius 1 is 1.37 bits per heavy atom. The van der Waals surface area contributed by atoms with Crippen LogP contribution in [-0.2, 0) is 22.4 Å². The Kier molecular flexibility index (Phi) is 7.62. The van der Waals surface area contributed by atoms with E-state index < -0.39 is 29.0 Å². The molecule has 0 spiro atoms. The Morgan fingerprint density at radius 2 is 2.20 bits per heavy atom. The summed E-state index contributed by atoms with van der Waals surface area (Å²) in [6.07, 6.45) is 6.74. The quantitative estimate of drug-likeness (QED) is 0.510. The van der Waals surface area contributed by atoms with Crippen LogP contribution in [0.2, 0.25) is 0 Å². The molecule has 3 heterocycles. The summed E-state index contributed by atoms with van der Waals surface area (Å²) in [6, 6.07) is 3.46. The normalized spacial score (nSPS) is 22.8.